The van der Waals surface area contributed by atoms with Gasteiger partial charge in [0.15, 0.2) is 0 Å². The molecular weight excluding hydrogens is 300 g/mol. The predicted octanol–water partition coefficient (Wildman–Crippen LogP) is 3.25. The molecule has 4 nitrogen and oxygen atoms in total. The van der Waals surface area contributed by atoms with Crippen molar-refractivity contribution in [2.24, 2.45) is 17.3 Å². The van der Waals surface area contributed by atoms with E-state index in [0.29, 0.717) is 17.7 Å². The second kappa shape index (κ2) is 6.03. The summed E-state index contributed by atoms with van der Waals surface area (Å²) in [6, 6.07) is 0. The molecule has 1 saturated heterocycles. The van der Waals surface area contributed by atoms with Gasteiger partial charge in [-0.3, -0.25) is 9.59 Å². The number of nitrogens with one attached hydrogen (secondary N) is 1. The lowest BCUT2D eigenvalue weighted by Crippen LogP contribution is -2.66. The van der Waals surface area contributed by atoms with Crippen LogP contribution >= 0.6 is 0 Å². The van der Waals surface area contributed by atoms with E-state index in [1.54, 1.807) is 6.92 Å². The zero-order chi connectivity index (χ0) is 16.8. The first-order valence-electron chi connectivity index (χ1n) is 10.1. The third-order valence-electron chi connectivity index (χ3n) is 7.10. The summed E-state index contributed by atoms with van der Waals surface area (Å²) in [7, 11) is 0. The highest BCUT2D eigenvalue weighted by molar-refractivity contribution is 5.84. The molecule has 0 radical (unpaired) electrons. The Labute approximate surface area is 145 Å². The molecule has 2 unspecified atom stereocenters. The molecule has 4 bridgehead atoms. The largest absolute Gasteiger partial charge is 0.351 e. The molecule has 134 valence electrons. The van der Waals surface area contributed by atoms with Crippen LogP contribution in [0.1, 0.15) is 77.6 Å². The molecule has 5 aliphatic rings. The Morgan fingerprint density at radius 2 is 1.50 bits per heavy atom. The number of rotatable bonds is 2. The minimum absolute atomic E-state index is 0.0748. The average Bonchev–Trinajstić information content (AvgIpc) is 2.43. The van der Waals surface area contributed by atoms with Crippen molar-refractivity contribution in [1.82, 2.24) is 10.2 Å². The van der Waals surface area contributed by atoms with Crippen LogP contribution in [-0.4, -0.2) is 35.3 Å². The summed E-state index contributed by atoms with van der Waals surface area (Å²) in [5.41, 5.74) is -0.264. The lowest BCUT2D eigenvalue weighted by molar-refractivity contribution is -0.163. The summed E-state index contributed by atoms with van der Waals surface area (Å²) in [5.74, 6) is 1.77. The maximum absolute atomic E-state index is 13.6. The Bertz CT molecular complexity index is 508. The van der Waals surface area contributed by atoms with E-state index in [4.69, 9.17) is 0 Å². The fourth-order valence-corrected chi connectivity index (χ4v) is 6.82. The van der Waals surface area contributed by atoms with Crippen LogP contribution < -0.4 is 5.32 Å². The molecule has 4 aliphatic carbocycles. The Balaban J connectivity index is 1.57. The van der Waals surface area contributed by atoms with E-state index in [0.717, 1.165) is 58.0 Å². The topological polar surface area (TPSA) is 49.4 Å². The number of hydrogen-bond acceptors (Lipinski definition) is 2. The normalized spacial score (nSPS) is 41.6. The summed E-state index contributed by atoms with van der Waals surface area (Å²) in [6.07, 6.45) is 12.7. The van der Waals surface area contributed by atoms with Crippen molar-refractivity contribution in [2.75, 3.05) is 13.1 Å². The van der Waals surface area contributed by atoms with Crippen molar-refractivity contribution >= 4 is 11.8 Å². The van der Waals surface area contributed by atoms with Crippen LogP contribution in [0, 0.1) is 17.3 Å². The Morgan fingerprint density at radius 3 is 2.08 bits per heavy atom. The van der Waals surface area contributed by atoms with Crippen molar-refractivity contribution < 1.29 is 9.59 Å². The van der Waals surface area contributed by atoms with Crippen molar-refractivity contribution in [2.45, 2.75) is 83.1 Å². The number of likely N-dealkylation sites (tertiary alicyclic amines) is 1. The van der Waals surface area contributed by atoms with Crippen LogP contribution in [-0.2, 0) is 9.59 Å². The van der Waals surface area contributed by atoms with E-state index in [1.807, 2.05) is 0 Å². The lowest BCUT2D eigenvalue weighted by atomic mass is 9.46. The fourth-order valence-electron chi connectivity index (χ4n) is 6.82. The summed E-state index contributed by atoms with van der Waals surface area (Å²) >= 11 is 0. The van der Waals surface area contributed by atoms with Gasteiger partial charge >= 0.3 is 0 Å². The van der Waals surface area contributed by atoms with Gasteiger partial charge in [0, 0.05) is 25.6 Å². The third kappa shape index (κ3) is 2.86. The van der Waals surface area contributed by atoms with Gasteiger partial charge in [-0.25, -0.2) is 0 Å². The van der Waals surface area contributed by atoms with E-state index in [1.165, 1.54) is 25.7 Å². The van der Waals surface area contributed by atoms with Crippen LogP contribution in [0.15, 0.2) is 0 Å². The number of amides is 2. The van der Waals surface area contributed by atoms with Crippen LogP contribution in [0.3, 0.4) is 0 Å². The minimum Gasteiger partial charge on any atom is -0.351 e. The first kappa shape index (κ1) is 16.4. The van der Waals surface area contributed by atoms with Gasteiger partial charge in [-0.1, -0.05) is 19.3 Å². The van der Waals surface area contributed by atoms with Gasteiger partial charge in [0.1, 0.15) is 0 Å². The van der Waals surface area contributed by atoms with Gasteiger partial charge < -0.3 is 10.2 Å². The Morgan fingerprint density at radius 1 is 0.917 bits per heavy atom. The number of carbonyl (C=O) groups excluding carboxylic acids is 2. The maximum atomic E-state index is 13.6. The van der Waals surface area contributed by atoms with Crippen LogP contribution in [0.25, 0.3) is 0 Å². The molecule has 1 aliphatic heterocycles. The van der Waals surface area contributed by atoms with Gasteiger partial charge in [-0.15, -0.1) is 0 Å². The summed E-state index contributed by atoms with van der Waals surface area (Å²) in [6.45, 7) is 3.53. The first-order chi connectivity index (χ1) is 11.5. The highest BCUT2D eigenvalue weighted by Crippen LogP contribution is 2.62. The SMILES string of the molecule is CC(=O)NC12C[C@H]3C[C@@H](C1)CC(C(=O)N1CCCCCCC1)(C3)C2. The highest BCUT2D eigenvalue weighted by Gasteiger charge is 2.61. The quantitative estimate of drug-likeness (QED) is 0.844. The Kier molecular flexibility index (Phi) is 4.12. The number of carbonyl (C=O) groups is 2. The molecule has 0 aromatic rings. The van der Waals surface area contributed by atoms with Crippen molar-refractivity contribution in [3.05, 3.63) is 0 Å². The van der Waals surface area contributed by atoms with E-state index >= 15 is 0 Å². The predicted molar refractivity (Wildman–Crippen MR) is 93.3 cm³/mol. The molecule has 0 aromatic carbocycles. The van der Waals surface area contributed by atoms with Crippen LogP contribution in [0.4, 0.5) is 0 Å². The van der Waals surface area contributed by atoms with Crippen molar-refractivity contribution in [3.8, 4) is 0 Å². The summed E-state index contributed by atoms with van der Waals surface area (Å²) in [5, 5.41) is 3.28. The Hall–Kier alpha value is -1.06. The molecule has 4 saturated carbocycles. The van der Waals surface area contributed by atoms with E-state index in [2.05, 4.69) is 10.2 Å². The van der Waals surface area contributed by atoms with E-state index in [9.17, 15) is 9.59 Å². The van der Waals surface area contributed by atoms with Crippen LogP contribution in [0.2, 0.25) is 0 Å². The first-order valence-corrected chi connectivity index (χ1v) is 10.1. The standard InChI is InChI=1S/C20H32N2O2/c1-15(23)21-20-12-16-9-17(13-20)11-19(10-16,14-20)18(24)22-7-5-3-2-4-6-8-22/h16-17H,2-14H2,1H3,(H,21,23)/t16-,17+,19?,20?. The molecule has 0 spiro atoms. The lowest BCUT2D eigenvalue weighted by Gasteiger charge is -2.62. The van der Waals surface area contributed by atoms with Gasteiger partial charge in [-0.05, 0) is 63.2 Å². The van der Waals surface area contributed by atoms with E-state index in [-0.39, 0.29) is 16.9 Å². The van der Waals surface area contributed by atoms with Crippen molar-refractivity contribution in [3.63, 3.8) is 0 Å². The van der Waals surface area contributed by atoms with Gasteiger partial charge in [0.2, 0.25) is 11.8 Å². The molecule has 4 heteroatoms. The second-order valence-electron chi connectivity index (χ2n) is 9.26. The van der Waals surface area contributed by atoms with Crippen LogP contribution in [0.5, 0.6) is 0 Å². The molecule has 24 heavy (non-hydrogen) atoms. The zero-order valence-electron chi connectivity index (χ0n) is 15.1. The van der Waals surface area contributed by atoms with Gasteiger partial charge in [0.25, 0.3) is 0 Å². The fraction of sp³-hybridized carbons (Fsp3) is 0.900. The molecular formula is C20H32N2O2. The number of nitrogens with zero attached hydrogens (tertiary/aromatic N) is 1. The van der Waals surface area contributed by atoms with Crippen molar-refractivity contribution in [1.29, 1.82) is 0 Å². The highest BCUT2D eigenvalue weighted by atomic mass is 16.2. The molecule has 5 rings (SSSR count). The average molecular weight is 332 g/mol. The molecule has 1 heterocycles. The molecule has 4 atom stereocenters. The molecule has 1 N–H and O–H groups in total. The second-order valence-corrected chi connectivity index (χ2v) is 9.26. The molecule has 0 aromatic heterocycles. The minimum atomic E-state index is -0.175. The van der Waals surface area contributed by atoms with Gasteiger partial charge in [0.05, 0.1) is 5.41 Å². The summed E-state index contributed by atoms with van der Waals surface area (Å²) in [4.78, 5) is 27.5. The summed E-state index contributed by atoms with van der Waals surface area (Å²) < 4.78 is 0. The monoisotopic (exact) mass is 332 g/mol. The molecule has 5 fully saturated rings. The smallest absolute Gasteiger partial charge is 0.228 e. The van der Waals surface area contributed by atoms with Gasteiger partial charge in [-0.2, -0.15) is 0 Å². The maximum Gasteiger partial charge on any atom is 0.228 e. The van der Waals surface area contributed by atoms with E-state index < -0.39 is 0 Å². The molecule has 2 amide bonds. The third-order valence-corrected chi connectivity index (χ3v) is 7.10. The zero-order valence-corrected chi connectivity index (χ0v) is 15.1. The number of hydrogen-bond donors (Lipinski definition) is 1.